The van der Waals surface area contributed by atoms with E-state index in [1.165, 1.54) is 29.5 Å². The highest BCUT2D eigenvalue weighted by atomic mass is 16.5. The van der Waals surface area contributed by atoms with E-state index in [1.54, 1.807) is 6.07 Å². The highest BCUT2D eigenvalue weighted by Gasteiger charge is 2.32. The number of anilines is 1. The fourth-order valence-electron chi connectivity index (χ4n) is 3.32. The number of nitrogens with zero attached hydrogens (tertiary/aromatic N) is 1. The topological polar surface area (TPSA) is 42.7 Å². The molecule has 126 valence electrons. The maximum absolute atomic E-state index is 11.6. The van der Waals surface area contributed by atoms with Crippen LogP contribution in [0.25, 0.3) is 5.57 Å². The minimum atomic E-state index is -0.453. The predicted octanol–water partition coefficient (Wildman–Crippen LogP) is 4.58. The Balaban J connectivity index is 1.98. The van der Waals surface area contributed by atoms with Crippen molar-refractivity contribution in [3.05, 3.63) is 59.1 Å². The van der Waals surface area contributed by atoms with Gasteiger partial charge < -0.3 is 14.1 Å². The molecule has 0 amide bonds. The molecule has 1 aromatic carbocycles. The smallest absolute Gasteiger partial charge is 0.373 e. The fourth-order valence-corrected chi connectivity index (χ4v) is 3.32. The number of furan rings is 1. The molecule has 0 unspecified atom stereocenters. The van der Waals surface area contributed by atoms with Crippen LogP contribution in [0.2, 0.25) is 0 Å². The van der Waals surface area contributed by atoms with E-state index in [1.807, 2.05) is 6.07 Å². The number of hydrogen-bond donors (Lipinski definition) is 0. The van der Waals surface area contributed by atoms with Crippen LogP contribution >= 0.6 is 0 Å². The van der Waals surface area contributed by atoms with Crippen LogP contribution in [-0.2, 0) is 11.3 Å². The molecule has 2 aromatic rings. The molecule has 0 atom stereocenters. The summed E-state index contributed by atoms with van der Waals surface area (Å²) in [6.07, 6.45) is 2.28. The van der Waals surface area contributed by atoms with Gasteiger partial charge in [-0.3, -0.25) is 0 Å². The van der Waals surface area contributed by atoms with Crippen LogP contribution in [0.15, 0.2) is 40.8 Å². The van der Waals surface area contributed by atoms with Gasteiger partial charge in [0.05, 0.1) is 19.2 Å². The van der Waals surface area contributed by atoms with Gasteiger partial charge in [0, 0.05) is 11.3 Å². The summed E-state index contributed by atoms with van der Waals surface area (Å²) in [7, 11) is 1.35. The monoisotopic (exact) mass is 325 g/mol. The molecular weight excluding hydrogens is 302 g/mol. The van der Waals surface area contributed by atoms with E-state index in [0.717, 1.165) is 5.76 Å². The normalized spacial score (nSPS) is 15.7. The number of aryl methyl sites for hydroxylation is 1. The number of carbonyl (C=O) groups is 1. The van der Waals surface area contributed by atoms with Crippen LogP contribution in [0.4, 0.5) is 5.69 Å². The maximum atomic E-state index is 11.6. The molecule has 0 fully saturated rings. The summed E-state index contributed by atoms with van der Waals surface area (Å²) in [6, 6.07) is 10.00. The molecule has 3 rings (SSSR count). The summed E-state index contributed by atoms with van der Waals surface area (Å²) >= 11 is 0. The Kier molecular flexibility index (Phi) is 3.99. The Labute approximate surface area is 142 Å². The van der Waals surface area contributed by atoms with Gasteiger partial charge in [0.25, 0.3) is 0 Å². The van der Waals surface area contributed by atoms with E-state index in [0.29, 0.717) is 6.54 Å². The van der Waals surface area contributed by atoms with Gasteiger partial charge in [-0.1, -0.05) is 17.7 Å². The first-order chi connectivity index (χ1) is 11.3. The first-order valence-corrected chi connectivity index (χ1v) is 8.07. The SMILES string of the molecule is COC(=O)c1ccc(CN2c3ccc(C)cc3C(C)=CC2(C)C)o1. The lowest BCUT2D eigenvalue weighted by Crippen LogP contribution is -2.44. The van der Waals surface area contributed by atoms with Gasteiger partial charge in [-0.15, -0.1) is 0 Å². The average molecular weight is 325 g/mol. The minimum Gasteiger partial charge on any atom is -0.463 e. The van der Waals surface area contributed by atoms with Crippen LogP contribution < -0.4 is 4.90 Å². The third-order valence-corrected chi connectivity index (χ3v) is 4.50. The molecule has 0 saturated heterocycles. The van der Waals surface area contributed by atoms with Gasteiger partial charge >= 0.3 is 5.97 Å². The number of esters is 1. The number of benzene rings is 1. The van der Waals surface area contributed by atoms with Gasteiger partial charge in [-0.25, -0.2) is 4.79 Å². The summed E-state index contributed by atoms with van der Waals surface area (Å²) in [5, 5.41) is 0. The lowest BCUT2D eigenvalue weighted by atomic mass is 9.88. The van der Waals surface area contributed by atoms with Crippen molar-refractivity contribution in [3.8, 4) is 0 Å². The number of fused-ring (bicyclic) bond motifs is 1. The van der Waals surface area contributed by atoms with Crippen LogP contribution in [0.3, 0.4) is 0 Å². The van der Waals surface area contributed by atoms with Crippen molar-refractivity contribution in [1.82, 2.24) is 0 Å². The molecular formula is C20H23NO3. The van der Waals surface area contributed by atoms with Crippen LogP contribution in [0.1, 0.15) is 48.2 Å². The molecule has 2 heterocycles. The molecule has 0 bridgehead atoms. The molecule has 4 heteroatoms. The van der Waals surface area contributed by atoms with E-state index < -0.39 is 5.97 Å². The number of methoxy groups -OCH3 is 1. The number of hydrogen-bond acceptors (Lipinski definition) is 4. The van der Waals surface area contributed by atoms with E-state index in [9.17, 15) is 4.79 Å². The standard InChI is InChI=1S/C20H23NO3/c1-13-6-8-17-16(10-13)14(2)11-20(3,4)21(17)12-15-7-9-18(24-15)19(22)23-5/h6-11H,12H2,1-5H3. The summed E-state index contributed by atoms with van der Waals surface area (Å²) in [5.74, 6) is 0.520. The van der Waals surface area contributed by atoms with Crippen molar-refractivity contribution in [3.63, 3.8) is 0 Å². The Hall–Kier alpha value is -2.49. The van der Waals surface area contributed by atoms with Gasteiger partial charge in [-0.05, 0) is 57.5 Å². The molecule has 1 aromatic heterocycles. The largest absolute Gasteiger partial charge is 0.463 e. The van der Waals surface area contributed by atoms with Crippen LogP contribution in [0, 0.1) is 6.92 Å². The molecule has 4 nitrogen and oxygen atoms in total. The fraction of sp³-hybridized carbons (Fsp3) is 0.350. The van der Waals surface area contributed by atoms with Crippen molar-refractivity contribution < 1.29 is 13.9 Å². The summed E-state index contributed by atoms with van der Waals surface area (Å²) in [5.41, 5.74) is 4.80. The van der Waals surface area contributed by atoms with E-state index in [2.05, 4.69) is 56.9 Å². The summed E-state index contributed by atoms with van der Waals surface area (Å²) < 4.78 is 10.4. The second-order valence-electron chi connectivity index (χ2n) is 6.85. The molecule has 0 saturated carbocycles. The van der Waals surface area contributed by atoms with Crippen molar-refractivity contribution >= 4 is 17.2 Å². The Morgan fingerprint density at radius 2 is 1.96 bits per heavy atom. The van der Waals surface area contributed by atoms with Crippen molar-refractivity contribution in [2.45, 2.75) is 39.8 Å². The van der Waals surface area contributed by atoms with E-state index in [4.69, 9.17) is 9.15 Å². The Morgan fingerprint density at radius 3 is 2.67 bits per heavy atom. The zero-order valence-electron chi connectivity index (χ0n) is 14.8. The third kappa shape index (κ3) is 2.84. The van der Waals surface area contributed by atoms with E-state index >= 15 is 0 Å². The van der Waals surface area contributed by atoms with Gasteiger partial charge in [0.1, 0.15) is 5.76 Å². The molecule has 0 radical (unpaired) electrons. The number of allylic oxidation sites excluding steroid dienone is 1. The highest BCUT2D eigenvalue weighted by Crippen LogP contribution is 2.40. The van der Waals surface area contributed by atoms with Gasteiger partial charge in [0.2, 0.25) is 5.76 Å². The molecule has 0 N–H and O–H groups in total. The highest BCUT2D eigenvalue weighted by molar-refractivity contribution is 5.86. The van der Waals surface area contributed by atoms with Crippen LogP contribution in [0.5, 0.6) is 0 Å². The van der Waals surface area contributed by atoms with Crippen molar-refractivity contribution in [2.24, 2.45) is 0 Å². The second kappa shape index (κ2) is 5.86. The van der Waals surface area contributed by atoms with Crippen molar-refractivity contribution in [1.29, 1.82) is 0 Å². The number of rotatable bonds is 3. The lowest BCUT2D eigenvalue weighted by Gasteiger charge is -2.43. The lowest BCUT2D eigenvalue weighted by molar-refractivity contribution is 0.0563. The first-order valence-electron chi connectivity index (χ1n) is 8.07. The number of carbonyl (C=O) groups excluding carboxylic acids is 1. The molecule has 24 heavy (non-hydrogen) atoms. The van der Waals surface area contributed by atoms with Gasteiger partial charge in [-0.2, -0.15) is 0 Å². The molecule has 1 aliphatic rings. The number of ether oxygens (including phenoxy) is 1. The molecule has 0 spiro atoms. The third-order valence-electron chi connectivity index (χ3n) is 4.50. The van der Waals surface area contributed by atoms with Gasteiger partial charge in [0.15, 0.2) is 0 Å². The zero-order valence-corrected chi connectivity index (χ0v) is 14.8. The average Bonchev–Trinajstić information content (AvgIpc) is 2.99. The minimum absolute atomic E-state index is 0.148. The van der Waals surface area contributed by atoms with Crippen molar-refractivity contribution in [2.75, 3.05) is 12.0 Å². The predicted molar refractivity (Wildman–Crippen MR) is 95.1 cm³/mol. The van der Waals surface area contributed by atoms with E-state index in [-0.39, 0.29) is 11.3 Å². The zero-order chi connectivity index (χ0) is 17.5. The Bertz CT molecular complexity index is 814. The maximum Gasteiger partial charge on any atom is 0.373 e. The second-order valence-corrected chi connectivity index (χ2v) is 6.85. The quantitative estimate of drug-likeness (QED) is 0.775. The van der Waals surface area contributed by atoms with Crippen LogP contribution in [-0.4, -0.2) is 18.6 Å². The molecule has 0 aliphatic carbocycles. The summed E-state index contributed by atoms with van der Waals surface area (Å²) in [6.45, 7) is 9.21. The molecule has 1 aliphatic heterocycles. The first kappa shape index (κ1) is 16.4. The summed E-state index contributed by atoms with van der Waals surface area (Å²) in [4.78, 5) is 13.9. The Morgan fingerprint density at radius 1 is 1.21 bits per heavy atom.